The zero-order valence-electron chi connectivity index (χ0n) is 14.6. The molecule has 0 spiro atoms. The van der Waals surface area contributed by atoms with Gasteiger partial charge in [0, 0.05) is 6.54 Å². The number of hydrogen-bond acceptors (Lipinski definition) is 4. The molecule has 0 bridgehead atoms. The molecule has 2 atom stereocenters. The maximum atomic E-state index is 12.0. The Morgan fingerprint density at radius 3 is 2.48 bits per heavy atom. The first-order valence-electron chi connectivity index (χ1n) is 8.24. The molecule has 0 radical (unpaired) electrons. The van der Waals surface area contributed by atoms with Crippen molar-refractivity contribution >= 4 is 6.09 Å². The van der Waals surface area contributed by atoms with Crippen LogP contribution in [0.5, 0.6) is 0 Å². The summed E-state index contributed by atoms with van der Waals surface area (Å²) in [7, 11) is 0. The average Bonchev–Trinajstić information content (AvgIpc) is 2.46. The Balaban J connectivity index is 2.69. The van der Waals surface area contributed by atoms with Gasteiger partial charge in [-0.05, 0) is 45.7 Å². The Kier molecular flexibility index (Phi) is 8.06. The quantitative estimate of drug-likeness (QED) is 0.643. The highest BCUT2D eigenvalue weighted by molar-refractivity contribution is 5.68. The number of nitrogens with one attached hydrogen (secondary N) is 2. The molecule has 3 N–H and O–H groups in total. The lowest BCUT2D eigenvalue weighted by Gasteiger charge is -2.27. The zero-order chi connectivity index (χ0) is 17.3. The molecule has 0 fully saturated rings. The molecule has 0 aromatic heterocycles. The van der Waals surface area contributed by atoms with Gasteiger partial charge in [-0.1, -0.05) is 37.3 Å². The van der Waals surface area contributed by atoms with Crippen molar-refractivity contribution in [1.82, 2.24) is 10.6 Å². The van der Waals surface area contributed by atoms with E-state index in [4.69, 9.17) is 4.74 Å². The number of alkyl carbamates (subject to hydrolysis) is 1. The standard InChI is InChI=1S/C18H30N2O3/c1-5-11-19-13-16(21)15(12-14-9-7-6-8-10-14)20-17(22)23-18(2,3)4/h6-10,15-16,19,21H,5,11-13H2,1-4H3,(H,20,22)/t15-,16+/m0/s1. The molecular weight excluding hydrogens is 292 g/mol. The molecule has 23 heavy (non-hydrogen) atoms. The fourth-order valence-electron chi connectivity index (χ4n) is 2.18. The second-order valence-corrected chi connectivity index (χ2v) is 6.71. The van der Waals surface area contributed by atoms with Crippen LogP contribution in [0.3, 0.4) is 0 Å². The van der Waals surface area contributed by atoms with E-state index in [1.165, 1.54) is 0 Å². The number of ether oxygens (including phenoxy) is 1. The Morgan fingerprint density at radius 1 is 1.26 bits per heavy atom. The van der Waals surface area contributed by atoms with Crippen LogP contribution in [-0.4, -0.2) is 42.0 Å². The van der Waals surface area contributed by atoms with E-state index in [1.54, 1.807) is 0 Å². The molecule has 1 rings (SSSR count). The first-order valence-corrected chi connectivity index (χ1v) is 8.24. The minimum Gasteiger partial charge on any atom is -0.444 e. The minimum atomic E-state index is -0.686. The number of carbonyl (C=O) groups excluding carboxylic acids is 1. The summed E-state index contributed by atoms with van der Waals surface area (Å²) in [5.74, 6) is 0. The summed E-state index contributed by atoms with van der Waals surface area (Å²) >= 11 is 0. The van der Waals surface area contributed by atoms with Crippen LogP contribution in [0.25, 0.3) is 0 Å². The Bertz CT molecular complexity index is 457. The van der Waals surface area contributed by atoms with Crippen molar-refractivity contribution in [3.05, 3.63) is 35.9 Å². The molecule has 1 aromatic carbocycles. The fraction of sp³-hybridized carbons (Fsp3) is 0.611. The van der Waals surface area contributed by atoms with Gasteiger partial charge in [-0.15, -0.1) is 0 Å². The first-order chi connectivity index (χ1) is 10.8. The van der Waals surface area contributed by atoms with Crippen LogP contribution in [-0.2, 0) is 11.2 Å². The van der Waals surface area contributed by atoms with Crippen LogP contribution in [0.2, 0.25) is 0 Å². The van der Waals surface area contributed by atoms with Crippen LogP contribution < -0.4 is 10.6 Å². The van der Waals surface area contributed by atoms with Crippen LogP contribution in [0.4, 0.5) is 4.79 Å². The van der Waals surface area contributed by atoms with Crippen molar-refractivity contribution in [1.29, 1.82) is 0 Å². The molecule has 130 valence electrons. The van der Waals surface area contributed by atoms with Crippen molar-refractivity contribution in [3.63, 3.8) is 0 Å². The van der Waals surface area contributed by atoms with Gasteiger partial charge in [0.25, 0.3) is 0 Å². The van der Waals surface area contributed by atoms with E-state index in [1.807, 2.05) is 51.1 Å². The lowest BCUT2D eigenvalue weighted by molar-refractivity contribution is 0.0423. The summed E-state index contributed by atoms with van der Waals surface area (Å²) in [6.45, 7) is 8.79. The van der Waals surface area contributed by atoms with Crippen LogP contribution in [0.15, 0.2) is 30.3 Å². The van der Waals surface area contributed by atoms with E-state index >= 15 is 0 Å². The van der Waals surface area contributed by atoms with Gasteiger partial charge in [0.15, 0.2) is 0 Å². The number of aliphatic hydroxyl groups excluding tert-OH is 1. The highest BCUT2D eigenvalue weighted by Gasteiger charge is 2.24. The normalized spacial score (nSPS) is 14.1. The topological polar surface area (TPSA) is 70.6 Å². The Labute approximate surface area is 139 Å². The lowest BCUT2D eigenvalue weighted by atomic mass is 10.0. The third-order valence-corrected chi connectivity index (χ3v) is 3.25. The van der Waals surface area contributed by atoms with Crippen LogP contribution in [0, 0.1) is 0 Å². The summed E-state index contributed by atoms with van der Waals surface area (Å²) in [4.78, 5) is 12.0. The molecule has 0 saturated heterocycles. The van der Waals surface area contributed by atoms with Crippen LogP contribution in [0.1, 0.15) is 39.7 Å². The van der Waals surface area contributed by atoms with Gasteiger partial charge in [-0.2, -0.15) is 0 Å². The van der Waals surface area contributed by atoms with E-state index in [-0.39, 0.29) is 0 Å². The van der Waals surface area contributed by atoms with Gasteiger partial charge in [0.05, 0.1) is 12.1 Å². The number of hydrogen-bond donors (Lipinski definition) is 3. The molecule has 5 nitrogen and oxygen atoms in total. The zero-order valence-corrected chi connectivity index (χ0v) is 14.6. The largest absolute Gasteiger partial charge is 0.444 e. The van der Waals surface area contributed by atoms with Crippen molar-refractivity contribution in [2.45, 2.75) is 58.3 Å². The molecule has 0 unspecified atom stereocenters. The Morgan fingerprint density at radius 2 is 1.91 bits per heavy atom. The summed E-state index contributed by atoms with van der Waals surface area (Å²) in [5.41, 5.74) is 0.496. The number of amides is 1. The lowest BCUT2D eigenvalue weighted by Crippen LogP contribution is -2.50. The highest BCUT2D eigenvalue weighted by atomic mass is 16.6. The van der Waals surface area contributed by atoms with Crippen LogP contribution >= 0.6 is 0 Å². The summed E-state index contributed by atoms with van der Waals surface area (Å²) in [6.07, 6.45) is 0.354. The molecule has 0 aliphatic rings. The SMILES string of the molecule is CCCNC[C@@H](O)[C@H](Cc1ccccc1)NC(=O)OC(C)(C)C. The maximum Gasteiger partial charge on any atom is 0.407 e. The number of carbonyl (C=O) groups is 1. The highest BCUT2D eigenvalue weighted by Crippen LogP contribution is 2.10. The molecule has 0 aliphatic carbocycles. The van der Waals surface area contributed by atoms with E-state index in [9.17, 15) is 9.90 Å². The minimum absolute atomic E-state index is 0.406. The van der Waals surface area contributed by atoms with Crippen molar-refractivity contribution < 1.29 is 14.6 Å². The molecule has 0 saturated carbocycles. The van der Waals surface area contributed by atoms with Gasteiger partial charge in [0.1, 0.15) is 5.60 Å². The Hall–Kier alpha value is -1.59. The van der Waals surface area contributed by atoms with E-state index in [2.05, 4.69) is 17.6 Å². The van der Waals surface area contributed by atoms with Gasteiger partial charge < -0.3 is 20.5 Å². The third kappa shape index (κ3) is 8.57. The molecule has 1 aromatic rings. The number of rotatable bonds is 8. The van der Waals surface area contributed by atoms with E-state index in [0.29, 0.717) is 13.0 Å². The third-order valence-electron chi connectivity index (χ3n) is 3.25. The van der Waals surface area contributed by atoms with Gasteiger partial charge in [-0.25, -0.2) is 4.79 Å². The van der Waals surface area contributed by atoms with E-state index < -0.39 is 23.8 Å². The van der Waals surface area contributed by atoms with E-state index in [0.717, 1.165) is 18.5 Å². The molecule has 5 heteroatoms. The van der Waals surface area contributed by atoms with Gasteiger partial charge in [-0.3, -0.25) is 0 Å². The second-order valence-electron chi connectivity index (χ2n) is 6.71. The predicted octanol–water partition coefficient (Wildman–Crippen LogP) is 2.48. The molecule has 0 heterocycles. The smallest absolute Gasteiger partial charge is 0.407 e. The summed E-state index contributed by atoms with van der Waals surface area (Å²) < 4.78 is 5.30. The predicted molar refractivity (Wildman–Crippen MR) is 92.5 cm³/mol. The summed E-state index contributed by atoms with van der Waals surface area (Å²) in [5, 5.41) is 16.4. The maximum absolute atomic E-state index is 12.0. The van der Waals surface area contributed by atoms with Gasteiger partial charge in [0.2, 0.25) is 0 Å². The molecular formula is C18H30N2O3. The number of benzene rings is 1. The molecule has 0 aliphatic heterocycles. The second kappa shape index (κ2) is 9.53. The van der Waals surface area contributed by atoms with Gasteiger partial charge >= 0.3 is 6.09 Å². The fourth-order valence-corrected chi connectivity index (χ4v) is 2.18. The first kappa shape index (κ1) is 19.5. The van der Waals surface area contributed by atoms with Crippen molar-refractivity contribution in [3.8, 4) is 0 Å². The molecule has 1 amide bonds. The number of aliphatic hydroxyl groups is 1. The summed E-state index contributed by atoms with van der Waals surface area (Å²) in [6, 6.07) is 9.39. The monoisotopic (exact) mass is 322 g/mol. The van der Waals surface area contributed by atoms with Crippen molar-refractivity contribution in [2.24, 2.45) is 0 Å². The van der Waals surface area contributed by atoms with Crippen molar-refractivity contribution in [2.75, 3.05) is 13.1 Å². The average molecular weight is 322 g/mol.